The van der Waals surface area contributed by atoms with Gasteiger partial charge in [-0.2, -0.15) is 0 Å². The molecule has 0 radical (unpaired) electrons. The van der Waals surface area contributed by atoms with Crippen LogP contribution in [-0.2, 0) is 9.53 Å². The molecule has 0 aromatic heterocycles. The van der Waals surface area contributed by atoms with Crippen LogP contribution in [-0.4, -0.2) is 19.1 Å². The van der Waals surface area contributed by atoms with Crippen LogP contribution in [0.3, 0.4) is 0 Å². The van der Waals surface area contributed by atoms with Crippen LogP contribution < -0.4 is 5.32 Å². The zero-order valence-electron chi connectivity index (χ0n) is 10.5. The van der Waals surface area contributed by atoms with Crippen LogP contribution in [0.25, 0.3) is 0 Å². The summed E-state index contributed by atoms with van der Waals surface area (Å²) in [5.74, 6) is -1.49. The second-order valence-electron chi connectivity index (χ2n) is 3.90. The third kappa shape index (κ3) is 4.41. The number of rotatable bonds is 6. The summed E-state index contributed by atoms with van der Waals surface area (Å²) in [5.41, 5.74) is 0.375. The fourth-order valence-electron chi connectivity index (χ4n) is 1.59. The van der Waals surface area contributed by atoms with Gasteiger partial charge in [0.05, 0.1) is 13.0 Å². The van der Waals surface area contributed by atoms with Crippen molar-refractivity contribution in [3.8, 4) is 0 Å². The van der Waals surface area contributed by atoms with Gasteiger partial charge < -0.3 is 10.1 Å². The Kier molecular flexibility index (Phi) is 5.71. The molecule has 1 N–H and O–H groups in total. The number of hydrogen-bond acceptors (Lipinski definition) is 3. The van der Waals surface area contributed by atoms with Crippen LogP contribution in [0.4, 0.5) is 8.78 Å². The number of esters is 1. The van der Waals surface area contributed by atoms with Crippen LogP contribution in [0.5, 0.6) is 0 Å². The number of benzene rings is 1. The zero-order valence-corrected chi connectivity index (χ0v) is 10.5. The third-order valence-electron chi connectivity index (χ3n) is 2.51. The van der Waals surface area contributed by atoms with Crippen molar-refractivity contribution in [3.05, 3.63) is 35.4 Å². The predicted molar refractivity (Wildman–Crippen MR) is 64.0 cm³/mol. The van der Waals surface area contributed by atoms with E-state index in [1.165, 1.54) is 12.1 Å². The molecule has 1 unspecified atom stereocenters. The molecule has 0 spiro atoms. The maximum absolute atomic E-state index is 13.4. The molecule has 5 heteroatoms. The molecule has 1 aromatic carbocycles. The van der Waals surface area contributed by atoms with Crippen LogP contribution in [0.15, 0.2) is 18.2 Å². The number of carbonyl (C=O) groups is 1. The second-order valence-corrected chi connectivity index (χ2v) is 3.90. The summed E-state index contributed by atoms with van der Waals surface area (Å²) in [6.07, 6.45) is 0.223. The average molecular weight is 257 g/mol. The maximum Gasteiger partial charge on any atom is 0.307 e. The molecule has 0 saturated carbocycles. The number of hydrogen-bond donors (Lipinski definition) is 1. The lowest BCUT2D eigenvalue weighted by Crippen LogP contribution is -2.23. The van der Waals surface area contributed by atoms with Gasteiger partial charge in [0.15, 0.2) is 0 Å². The summed E-state index contributed by atoms with van der Waals surface area (Å²) < 4.78 is 30.9. The lowest BCUT2D eigenvalue weighted by Gasteiger charge is -2.14. The standard InChI is InChI=1S/C13H17F2NO2/c1-3-18-13(17)6-7-16-9(2)11-5-4-10(14)8-12(11)15/h4-5,8-9,16H,3,6-7H2,1-2H3. The van der Waals surface area contributed by atoms with Crippen LogP contribution >= 0.6 is 0 Å². The number of ether oxygens (including phenoxy) is 1. The monoisotopic (exact) mass is 257 g/mol. The summed E-state index contributed by atoms with van der Waals surface area (Å²) in [6, 6.07) is 3.16. The van der Waals surface area contributed by atoms with Crippen molar-refractivity contribution in [3.63, 3.8) is 0 Å². The zero-order chi connectivity index (χ0) is 13.5. The van der Waals surface area contributed by atoms with Gasteiger partial charge in [-0.3, -0.25) is 4.79 Å². The van der Waals surface area contributed by atoms with Gasteiger partial charge in [0, 0.05) is 24.2 Å². The Hall–Kier alpha value is -1.49. The SMILES string of the molecule is CCOC(=O)CCNC(C)c1ccc(F)cc1F. The Balaban J connectivity index is 2.45. The van der Waals surface area contributed by atoms with Gasteiger partial charge in [0.1, 0.15) is 11.6 Å². The Morgan fingerprint density at radius 1 is 1.44 bits per heavy atom. The number of nitrogens with one attached hydrogen (secondary N) is 1. The maximum atomic E-state index is 13.4. The van der Waals surface area contributed by atoms with E-state index < -0.39 is 11.6 Å². The highest BCUT2D eigenvalue weighted by Crippen LogP contribution is 2.17. The van der Waals surface area contributed by atoms with Crippen LogP contribution in [0, 0.1) is 11.6 Å². The first-order valence-electron chi connectivity index (χ1n) is 5.88. The first-order chi connectivity index (χ1) is 8.54. The summed E-state index contributed by atoms with van der Waals surface area (Å²) in [4.78, 5) is 11.1. The van der Waals surface area contributed by atoms with Gasteiger partial charge in [0.25, 0.3) is 0 Å². The topological polar surface area (TPSA) is 38.3 Å². The van der Waals surface area contributed by atoms with Gasteiger partial charge in [0.2, 0.25) is 0 Å². The van der Waals surface area contributed by atoms with Crippen molar-refractivity contribution in [2.45, 2.75) is 26.3 Å². The van der Waals surface area contributed by atoms with Gasteiger partial charge >= 0.3 is 5.97 Å². The van der Waals surface area contributed by atoms with E-state index in [-0.39, 0.29) is 18.4 Å². The summed E-state index contributed by atoms with van der Waals surface area (Å²) in [5, 5.41) is 2.99. The van der Waals surface area contributed by atoms with Crippen molar-refractivity contribution >= 4 is 5.97 Å². The molecule has 1 atom stereocenters. The molecule has 0 aliphatic heterocycles. The minimum absolute atomic E-state index is 0.223. The second kappa shape index (κ2) is 7.06. The Morgan fingerprint density at radius 2 is 2.17 bits per heavy atom. The molecule has 0 saturated heterocycles. The third-order valence-corrected chi connectivity index (χ3v) is 2.51. The van der Waals surface area contributed by atoms with Crippen LogP contribution in [0.2, 0.25) is 0 Å². The van der Waals surface area contributed by atoms with Gasteiger partial charge in [-0.25, -0.2) is 8.78 Å². The lowest BCUT2D eigenvalue weighted by atomic mass is 10.1. The fraction of sp³-hybridized carbons (Fsp3) is 0.462. The minimum atomic E-state index is -0.602. The van der Waals surface area contributed by atoms with Crippen molar-refractivity contribution in [1.82, 2.24) is 5.32 Å². The van der Waals surface area contributed by atoms with Crippen molar-refractivity contribution in [1.29, 1.82) is 0 Å². The lowest BCUT2D eigenvalue weighted by molar-refractivity contribution is -0.143. The van der Waals surface area contributed by atoms with E-state index in [4.69, 9.17) is 4.74 Å². The number of carbonyl (C=O) groups excluding carboxylic acids is 1. The molecule has 0 amide bonds. The van der Waals surface area contributed by atoms with Gasteiger partial charge in [-0.05, 0) is 19.9 Å². The minimum Gasteiger partial charge on any atom is -0.466 e. The van der Waals surface area contributed by atoms with E-state index in [0.717, 1.165) is 6.07 Å². The Morgan fingerprint density at radius 3 is 2.78 bits per heavy atom. The molecular formula is C13H17F2NO2. The van der Waals surface area contributed by atoms with E-state index >= 15 is 0 Å². The summed E-state index contributed by atoms with van der Waals surface area (Å²) in [7, 11) is 0. The van der Waals surface area contributed by atoms with Gasteiger partial charge in [-0.1, -0.05) is 6.07 Å². The molecule has 3 nitrogen and oxygen atoms in total. The van der Waals surface area contributed by atoms with E-state index in [9.17, 15) is 13.6 Å². The molecule has 0 heterocycles. The normalized spacial score (nSPS) is 12.2. The van der Waals surface area contributed by atoms with Crippen molar-refractivity contribution < 1.29 is 18.3 Å². The first kappa shape index (κ1) is 14.6. The van der Waals surface area contributed by atoms with Crippen molar-refractivity contribution in [2.24, 2.45) is 0 Å². The average Bonchev–Trinajstić information content (AvgIpc) is 2.29. The van der Waals surface area contributed by atoms with Crippen LogP contribution in [0.1, 0.15) is 31.9 Å². The Labute approximate surface area is 105 Å². The molecule has 0 fully saturated rings. The highest BCUT2D eigenvalue weighted by molar-refractivity contribution is 5.69. The Bertz CT molecular complexity index is 410. The highest BCUT2D eigenvalue weighted by atomic mass is 19.1. The molecule has 100 valence electrons. The van der Waals surface area contributed by atoms with E-state index in [1.54, 1.807) is 13.8 Å². The molecular weight excluding hydrogens is 240 g/mol. The summed E-state index contributed by atoms with van der Waals surface area (Å²) in [6.45, 7) is 4.22. The molecule has 0 aliphatic carbocycles. The predicted octanol–water partition coefficient (Wildman–Crippen LogP) is 2.57. The van der Waals surface area contributed by atoms with E-state index in [2.05, 4.69) is 5.32 Å². The van der Waals surface area contributed by atoms with E-state index in [0.29, 0.717) is 18.7 Å². The molecule has 1 aromatic rings. The van der Waals surface area contributed by atoms with Crippen molar-refractivity contribution in [2.75, 3.05) is 13.2 Å². The van der Waals surface area contributed by atoms with Gasteiger partial charge in [-0.15, -0.1) is 0 Å². The van der Waals surface area contributed by atoms with E-state index in [1.807, 2.05) is 0 Å². The fourth-order valence-corrected chi connectivity index (χ4v) is 1.59. The smallest absolute Gasteiger partial charge is 0.307 e. The first-order valence-corrected chi connectivity index (χ1v) is 5.88. The molecule has 1 rings (SSSR count). The highest BCUT2D eigenvalue weighted by Gasteiger charge is 2.11. The number of halogens is 2. The quantitative estimate of drug-likeness (QED) is 0.796. The molecule has 0 aliphatic rings. The largest absolute Gasteiger partial charge is 0.466 e. The molecule has 18 heavy (non-hydrogen) atoms. The summed E-state index contributed by atoms with van der Waals surface area (Å²) >= 11 is 0. The molecule has 0 bridgehead atoms.